The van der Waals surface area contributed by atoms with Crippen molar-refractivity contribution in [3.63, 3.8) is 0 Å². The number of hydrogen-bond donors (Lipinski definition) is 2. The second kappa shape index (κ2) is 10.7. The molecule has 0 bridgehead atoms. The van der Waals surface area contributed by atoms with Crippen LogP contribution in [0.3, 0.4) is 0 Å². The first kappa shape index (κ1) is 25.7. The average molecular weight is 541 g/mol. The van der Waals surface area contributed by atoms with Crippen LogP contribution in [0.25, 0.3) is 6.08 Å². The summed E-state index contributed by atoms with van der Waals surface area (Å²) in [6, 6.07) is 14.2. The SMILES string of the molecule is COc1cc(/C=C2\C(=O)NC(=O)N(c3ccc(C(=O)O)cc3)C2=O)cc(Cl)c1OCc1ccc(Cl)cc1. The Bertz CT molecular complexity index is 1430. The number of hydrogen-bond acceptors (Lipinski definition) is 6. The fourth-order valence-electron chi connectivity index (χ4n) is 3.51. The van der Waals surface area contributed by atoms with E-state index in [-0.39, 0.29) is 40.0 Å². The molecule has 1 saturated heterocycles. The first-order valence-corrected chi connectivity index (χ1v) is 11.4. The van der Waals surface area contributed by atoms with Gasteiger partial charge in [0.25, 0.3) is 11.8 Å². The Hall–Kier alpha value is -4.34. The molecule has 3 aromatic rings. The molecule has 0 aromatic heterocycles. The fraction of sp³-hybridized carbons (Fsp3) is 0.0769. The minimum Gasteiger partial charge on any atom is -0.493 e. The molecule has 4 amide bonds. The van der Waals surface area contributed by atoms with Crippen LogP contribution in [0, 0.1) is 0 Å². The van der Waals surface area contributed by atoms with E-state index in [9.17, 15) is 19.2 Å². The van der Waals surface area contributed by atoms with Crippen molar-refractivity contribution < 1.29 is 33.8 Å². The summed E-state index contributed by atoms with van der Waals surface area (Å²) in [6.45, 7) is 0.187. The molecule has 9 nitrogen and oxygen atoms in total. The highest BCUT2D eigenvalue weighted by molar-refractivity contribution is 6.39. The summed E-state index contributed by atoms with van der Waals surface area (Å²) in [4.78, 5) is 49.9. The molecule has 0 radical (unpaired) electrons. The Balaban J connectivity index is 1.62. The molecular weight excluding hydrogens is 523 g/mol. The third-order valence-corrected chi connectivity index (χ3v) is 5.87. The van der Waals surface area contributed by atoms with Crippen molar-refractivity contribution in [1.29, 1.82) is 0 Å². The minimum absolute atomic E-state index is 0.0273. The zero-order valence-electron chi connectivity index (χ0n) is 19.2. The van der Waals surface area contributed by atoms with Crippen LogP contribution in [0.1, 0.15) is 21.5 Å². The number of rotatable bonds is 7. The number of carboxylic acid groups (broad SMARTS) is 1. The van der Waals surface area contributed by atoms with Gasteiger partial charge in [-0.2, -0.15) is 0 Å². The van der Waals surface area contributed by atoms with Crippen LogP contribution in [0.4, 0.5) is 10.5 Å². The van der Waals surface area contributed by atoms with Gasteiger partial charge in [0.15, 0.2) is 11.5 Å². The van der Waals surface area contributed by atoms with Gasteiger partial charge in [0, 0.05) is 5.02 Å². The van der Waals surface area contributed by atoms with E-state index in [0.717, 1.165) is 10.5 Å². The molecule has 0 aliphatic carbocycles. The molecule has 3 aromatic carbocycles. The molecule has 1 fully saturated rings. The highest BCUT2D eigenvalue weighted by Gasteiger charge is 2.37. The van der Waals surface area contributed by atoms with Crippen molar-refractivity contribution >= 4 is 58.8 Å². The number of barbiturate groups is 1. The van der Waals surface area contributed by atoms with Crippen molar-refractivity contribution in [1.82, 2.24) is 5.32 Å². The van der Waals surface area contributed by atoms with E-state index in [0.29, 0.717) is 10.6 Å². The van der Waals surface area contributed by atoms with Crippen LogP contribution in [0.2, 0.25) is 10.0 Å². The summed E-state index contributed by atoms with van der Waals surface area (Å²) in [6.07, 6.45) is 1.26. The summed E-state index contributed by atoms with van der Waals surface area (Å²) in [5.74, 6) is -2.44. The van der Waals surface area contributed by atoms with Gasteiger partial charge in [-0.25, -0.2) is 14.5 Å². The molecular formula is C26H18Cl2N2O7. The third kappa shape index (κ3) is 5.58. The number of halogens is 2. The Morgan fingerprint density at radius 3 is 2.32 bits per heavy atom. The third-order valence-electron chi connectivity index (χ3n) is 5.33. The zero-order chi connectivity index (χ0) is 26.7. The number of methoxy groups -OCH3 is 1. The predicted molar refractivity (Wildman–Crippen MR) is 136 cm³/mol. The van der Waals surface area contributed by atoms with Gasteiger partial charge in [-0.1, -0.05) is 35.3 Å². The number of anilines is 1. The lowest BCUT2D eigenvalue weighted by Crippen LogP contribution is -2.54. The lowest BCUT2D eigenvalue weighted by molar-refractivity contribution is -0.122. The topological polar surface area (TPSA) is 122 Å². The molecule has 1 heterocycles. The van der Waals surface area contributed by atoms with Crippen molar-refractivity contribution in [2.24, 2.45) is 0 Å². The normalized spacial score (nSPS) is 14.5. The second-order valence-electron chi connectivity index (χ2n) is 7.76. The Morgan fingerprint density at radius 1 is 1.03 bits per heavy atom. The number of nitrogens with one attached hydrogen (secondary N) is 1. The monoisotopic (exact) mass is 540 g/mol. The van der Waals surface area contributed by atoms with Crippen molar-refractivity contribution in [2.75, 3.05) is 12.0 Å². The van der Waals surface area contributed by atoms with E-state index in [4.69, 9.17) is 37.8 Å². The Morgan fingerprint density at radius 2 is 1.70 bits per heavy atom. The molecule has 11 heteroatoms. The summed E-state index contributed by atoms with van der Waals surface area (Å²) in [5, 5.41) is 11.9. The minimum atomic E-state index is -1.16. The maximum absolute atomic E-state index is 13.1. The lowest BCUT2D eigenvalue weighted by Gasteiger charge is -2.26. The fourth-order valence-corrected chi connectivity index (χ4v) is 3.91. The van der Waals surface area contributed by atoms with Crippen molar-refractivity contribution in [2.45, 2.75) is 6.61 Å². The maximum Gasteiger partial charge on any atom is 0.335 e. The van der Waals surface area contributed by atoms with Crippen molar-refractivity contribution in [3.05, 3.63) is 93.0 Å². The van der Waals surface area contributed by atoms with Crippen LogP contribution in [0.15, 0.2) is 66.2 Å². The van der Waals surface area contributed by atoms with E-state index in [1.807, 2.05) is 0 Å². The van der Waals surface area contributed by atoms with Crippen LogP contribution in [-0.2, 0) is 16.2 Å². The summed E-state index contributed by atoms with van der Waals surface area (Å²) in [7, 11) is 1.41. The lowest BCUT2D eigenvalue weighted by atomic mass is 10.1. The van der Waals surface area contributed by atoms with Crippen LogP contribution in [-0.4, -0.2) is 36.0 Å². The second-order valence-corrected chi connectivity index (χ2v) is 8.60. The van der Waals surface area contributed by atoms with E-state index in [2.05, 4.69) is 5.32 Å². The number of amides is 4. The molecule has 37 heavy (non-hydrogen) atoms. The van der Waals surface area contributed by atoms with Crippen LogP contribution in [0.5, 0.6) is 11.5 Å². The van der Waals surface area contributed by atoms with Gasteiger partial charge in [-0.15, -0.1) is 0 Å². The van der Waals surface area contributed by atoms with E-state index < -0.39 is 23.8 Å². The van der Waals surface area contributed by atoms with Gasteiger partial charge in [0.1, 0.15) is 12.2 Å². The smallest absolute Gasteiger partial charge is 0.335 e. The standard InChI is InChI=1S/C26H18Cl2N2O7/c1-36-21-12-15(11-20(28)22(21)37-13-14-2-6-17(27)7-3-14)10-19-23(31)29-26(35)30(24(19)32)18-8-4-16(5-9-18)25(33)34/h2-12H,13H2,1H3,(H,33,34)(H,29,31,35)/b19-10+. The molecule has 0 spiro atoms. The zero-order valence-corrected chi connectivity index (χ0v) is 20.7. The van der Waals surface area contributed by atoms with E-state index in [1.54, 1.807) is 24.3 Å². The van der Waals surface area contributed by atoms with Crippen LogP contribution >= 0.6 is 23.2 Å². The first-order chi connectivity index (χ1) is 17.7. The Kier molecular flexibility index (Phi) is 7.47. The van der Waals surface area contributed by atoms with Gasteiger partial charge in [-0.05, 0) is 65.7 Å². The molecule has 0 saturated carbocycles. The number of aromatic carboxylic acids is 1. The molecule has 0 atom stereocenters. The number of carbonyl (C=O) groups excluding carboxylic acids is 3. The van der Waals surface area contributed by atoms with E-state index >= 15 is 0 Å². The number of carboxylic acids is 1. The summed E-state index contributed by atoms with van der Waals surface area (Å²) < 4.78 is 11.2. The number of carbonyl (C=O) groups is 4. The molecule has 1 aliphatic heterocycles. The molecule has 1 aliphatic rings. The average Bonchev–Trinajstić information content (AvgIpc) is 2.86. The largest absolute Gasteiger partial charge is 0.493 e. The van der Waals surface area contributed by atoms with Crippen LogP contribution < -0.4 is 19.7 Å². The molecule has 188 valence electrons. The number of urea groups is 1. The first-order valence-electron chi connectivity index (χ1n) is 10.7. The summed E-state index contributed by atoms with van der Waals surface area (Å²) in [5.41, 5.74) is 0.914. The molecule has 0 unspecified atom stereocenters. The van der Waals surface area contributed by atoms with Gasteiger partial charge >= 0.3 is 12.0 Å². The number of nitrogens with zero attached hydrogens (tertiary/aromatic N) is 1. The molecule has 4 rings (SSSR count). The van der Waals surface area contributed by atoms with Crippen molar-refractivity contribution in [3.8, 4) is 11.5 Å². The molecule has 2 N–H and O–H groups in total. The highest BCUT2D eigenvalue weighted by Crippen LogP contribution is 2.38. The number of ether oxygens (including phenoxy) is 2. The Labute approximate surface area is 220 Å². The van der Waals surface area contributed by atoms with Gasteiger partial charge in [0.05, 0.1) is 23.4 Å². The van der Waals surface area contributed by atoms with E-state index in [1.165, 1.54) is 49.6 Å². The van der Waals surface area contributed by atoms with Gasteiger partial charge in [0.2, 0.25) is 0 Å². The quantitative estimate of drug-likeness (QED) is 0.321. The van der Waals surface area contributed by atoms with Gasteiger partial charge < -0.3 is 14.6 Å². The maximum atomic E-state index is 13.1. The summed E-state index contributed by atoms with van der Waals surface area (Å²) >= 11 is 12.3. The number of benzene rings is 3. The van der Waals surface area contributed by atoms with Gasteiger partial charge in [-0.3, -0.25) is 14.9 Å². The number of imide groups is 2. The predicted octanol–water partition coefficient (Wildman–Crippen LogP) is 4.95. The highest BCUT2D eigenvalue weighted by atomic mass is 35.5.